The zero-order valence-electron chi connectivity index (χ0n) is 21.8. The Labute approximate surface area is 210 Å². The predicted octanol–water partition coefficient (Wildman–Crippen LogP) is 4.10. The normalized spacial score (nSPS) is 12.2. The summed E-state index contributed by atoms with van der Waals surface area (Å²) in [7, 11) is -3.52. The van der Waals surface area contributed by atoms with Gasteiger partial charge in [0.05, 0.1) is 11.9 Å². The van der Waals surface area contributed by atoms with Gasteiger partial charge in [-0.1, -0.05) is 48.9 Å². The van der Waals surface area contributed by atoms with Gasteiger partial charge in [0.1, 0.15) is 6.04 Å². The second-order valence-electron chi connectivity index (χ2n) is 9.13. The van der Waals surface area contributed by atoms with Crippen molar-refractivity contribution >= 4 is 27.5 Å². The Kier molecular flexibility index (Phi) is 10.3. The van der Waals surface area contributed by atoms with Crippen LogP contribution in [0.1, 0.15) is 55.4 Å². The summed E-state index contributed by atoms with van der Waals surface area (Å²) < 4.78 is 26.5. The van der Waals surface area contributed by atoms with Crippen molar-refractivity contribution in [3.63, 3.8) is 0 Å². The van der Waals surface area contributed by atoms with Crippen molar-refractivity contribution in [3.8, 4) is 0 Å². The van der Waals surface area contributed by atoms with E-state index >= 15 is 0 Å². The molecule has 0 aliphatic rings. The van der Waals surface area contributed by atoms with E-state index in [2.05, 4.69) is 5.32 Å². The molecule has 0 aromatic heterocycles. The highest BCUT2D eigenvalue weighted by molar-refractivity contribution is 7.92. The topological polar surface area (TPSA) is 86.8 Å². The fourth-order valence-electron chi connectivity index (χ4n) is 3.86. The number of rotatable bonds is 12. The van der Waals surface area contributed by atoms with E-state index in [4.69, 9.17) is 0 Å². The molecule has 1 atom stereocenters. The smallest absolute Gasteiger partial charge is 0.242 e. The number of carbonyl (C=O) groups excluding carboxylic acids is 2. The zero-order valence-corrected chi connectivity index (χ0v) is 22.6. The summed E-state index contributed by atoms with van der Waals surface area (Å²) in [6.07, 6.45) is 2.46. The van der Waals surface area contributed by atoms with Gasteiger partial charge in [-0.15, -0.1) is 0 Å². The Bertz CT molecular complexity index is 1110. The van der Waals surface area contributed by atoms with Crippen LogP contribution in [0.2, 0.25) is 0 Å². The molecule has 0 aliphatic carbocycles. The molecular weight excluding hydrogens is 462 g/mol. The Morgan fingerprint density at radius 3 is 2.29 bits per heavy atom. The van der Waals surface area contributed by atoms with Crippen LogP contribution in [0.5, 0.6) is 0 Å². The van der Waals surface area contributed by atoms with Gasteiger partial charge in [-0.2, -0.15) is 0 Å². The van der Waals surface area contributed by atoms with Crippen LogP contribution < -0.4 is 9.62 Å². The van der Waals surface area contributed by atoms with Crippen LogP contribution in [0.25, 0.3) is 0 Å². The number of amides is 2. The first-order valence-corrected chi connectivity index (χ1v) is 14.0. The number of carbonyl (C=O) groups is 2. The van der Waals surface area contributed by atoms with Crippen LogP contribution in [0, 0.1) is 20.8 Å². The first kappa shape index (κ1) is 28.4. The van der Waals surface area contributed by atoms with Crippen molar-refractivity contribution in [2.45, 2.75) is 66.5 Å². The van der Waals surface area contributed by atoms with Gasteiger partial charge in [0.25, 0.3) is 0 Å². The number of benzene rings is 2. The number of hydrogen-bond acceptors (Lipinski definition) is 4. The lowest BCUT2D eigenvalue weighted by Gasteiger charge is -2.29. The van der Waals surface area contributed by atoms with Crippen molar-refractivity contribution in [1.29, 1.82) is 0 Å². The minimum atomic E-state index is -3.52. The summed E-state index contributed by atoms with van der Waals surface area (Å²) in [5, 5.41) is 2.87. The zero-order chi connectivity index (χ0) is 26.2. The van der Waals surface area contributed by atoms with Crippen molar-refractivity contribution in [2.75, 3.05) is 23.7 Å². The number of hydrogen-bond donors (Lipinski definition) is 1. The van der Waals surface area contributed by atoms with Crippen LogP contribution in [-0.2, 0) is 26.2 Å². The summed E-state index contributed by atoms with van der Waals surface area (Å²) >= 11 is 0. The molecule has 0 spiro atoms. The molecular formula is C27H39N3O4S. The maximum Gasteiger partial charge on any atom is 0.242 e. The Morgan fingerprint density at radius 1 is 1.03 bits per heavy atom. The maximum atomic E-state index is 13.3. The third-order valence-corrected chi connectivity index (χ3v) is 7.37. The van der Waals surface area contributed by atoms with Gasteiger partial charge in [0, 0.05) is 26.1 Å². The number of nitrogens with zero attached hydrogens (tertiary/aromatic N) is 2. The lowest BCUT2D eigenvalue weighted by molar-refractivity contribution is -0.140. The number of sulfonamides is 1. The van der Waals surface area contributed by atoms with Crippen LogP contribution in [0.4, 0.5) is 5.69 Å². The molecule has 35 heavy (non-hydrogen) atoms. The van der Waals surface area contributed by atoms with Gasteiger partial charge in [-0.05, 0) is 63.3 Å². The number of aryl methyl sites for hydroxylation is 2. The van der Waals surface area contributed by atoms with E-state index in [1.54, 1.807) is 17.9 Å². The van der Waals surface area contributed by atoms with Crippen molar-refractivity contribution in [2.24, 2.45) is 0 Å². The summed E-state index contributed by atoms with van der Waals surface area (Å²) in [6.45, 7) is 10.6. The molecule has 0 heterocycles. The fraction of sp³-hybridized carbons (Fsp3) is 0.481. The van der Waals surface area contributed by atoms with Gasteiger partial charge < -0.3 is 10.2 Å². The summed E-state index contributed by atoms with van der Waals surface area (Å²) in [5.41, 5.74) is 4.58. The molecule has 2 amide bonds. The minimum Gasteiger partial charge on any atom is -0.354 e. The van der Waals surface area contributed by atoms with E-state index in [0.717, 1.165) is 28.7 Å². The van der Waals surface area contributed by atoms with E-state index in [0.29, 0.717) is 25.2 Å². The van der Waals surface area contributed by atoms with E-state index in [1.807, 2.05) is 64.1 Å². The monoisotopic (exact) mass is 501 g/mol. The van der Waals surface area contributed by atoms with Gasteiger partial charge in [0.2, 0.25) is 21.8 Å². The minimum absolute atomic E-state index is 0.133. The first-order valence-electron chi connectivity index (χ1n) is 12.1. The molecule has 1 N–H and O–H groups in total. The predicted molar refractivity (Wildman–Crippen MR) is 142 cm³/mol. The van der Waals surface area contributed by atoms with Crippen LogP contribution in [-0.4, -0.2) is 50.5 Å². The molecule has 2 aromatic carbocycles. The van der Waals surface area contributed by atoms with Gasteiger partial charge in [0.15, 0.2) is 0 Å². The highest BCUT2D eigenvalue weighted by atomic mass is 32.2. The maximum absolute atomic E-state index is 13.3. The molecule has 0 unspecified atom stereocenters. The summed E-state index contributed by atoms with van der Waals surface area (Å²) in [5.74, 6) is -0.375. The highest BCUT2D eigenvalue weighted by Gasteiger charge is 2.26. The average Bonchev–Trinajstić information content (AvgIpc) is 2.80. The summed E-state index contributed by atoms with van der Waals surface area (Å²) in [4.78, 5) is 27.6. The highest BCUT2D eigenvalue weighted by Crippen LogP contribution is 2.25. The molecule has 8 heteroatoms. The second kappa shape index (κ2) is 12.7. The van der Waals surface area contributed by atoms with Crippen molar-refractivity contribution in [1.82, 2.24) is 10.2 Å². The van der Waals surface area contributed by atoms with Gasteiger partial charge >= 0.3 is 0 Å². The number of anilines is 1. The molecule has 0 radical (unpaired) electrons. The van der Waals surface area contributed by atoms with Crippen LogP contribution in [0.3, 0.4) is 0 Å². The van der Waals surface area contributed by atoms with E-state index in [-0.39, 0.29) is 24.8 Å². The standard InChI is InChI=1S/C27H39N3O4S/c1-7-17-28-27(32)23(5)29(19-24-15-13-20(2)14-16-24)26(31)12-9-18-30(35(6,33)34)25-11-8-10-21(3)22(25)4/h8,10-11,13-16,23H,7,9,12,17-19H2,1-6H3,(H,28,32)/t23-/m0/s1. The Morgan fingerprint density at radius 2 is 1.69 bits per heavy atom. The van der Waals surface area contributed by atoms with Crippen LogP contribution >= 0.6 is 0 Å². The van der Waals surface area contributed by atoms with Crippen LogP contribution in [0.15, 0.2) is 42.5 Å². The third-order valence-electron chi connectivity index (χ3n) is 6.19. The van der Waals surface area contributed by atoms with Gasteiger partial charge in [-0.3, -0.25) is 13.9 Å². The molecule has 2 rings (SSSR count). The Balaban J connectivity index is 2.18. The molecule has 0 aliphatic heterocycles. The molecule has 0 fully saturated rings. The Hall–Kier alpha value is -2.87. The first-order chi connectivity index (χ1) is 16.5. The van der Waals surface area contributed by atoms with E-state index in [9.17, 15) is 18.0 Å². The molecule has 192 valence electrons. The lowest BCUT2D eigenvalue weighted by Crippen LogP contribution is -2.47. The van der Waals surface area contributed by atoms with Crippen molar-refractivity contribution < 1.29 is 18.0 Å². The van der Waals surface area contributed by atoms with Crippen molar-refractivity contribution in [3.05, 3.63) is 64.7 Å². The fourth-order valence-corrected chi connectivity index (χ4v) is 4.87. The second-order valence-corrected chi connectivity index (χ2v) is 11.0. The summed E-state index contributed by atoms with van der Waals surface area (Å²) in [6, 6.07) is 12.8. The molecule has 7 nitrogen and oxygen atoms in total. The van der Waals surface area contributed by atoms with Gasteiger partial charge in [-0.25, -0.2) is 8.42 Å². The van der Waals surface area contributed by atoms with E-state index in [1.165, 1.54) is 10.6 Å². The SMILES string of the molecule is CCCNC(=O)[C@H](C)N(Cc1ccc(C)cc1)C(=O)CCCN(c1cccc(C)c1C)S(C)(=O)=O. The average molecular weight is 502 g/mol. The molecule has 2 aromatic rings. The third kappa shape index (κ3) is 8.09. The molecule has 0 bridgehead atoms. The molecule has 0 saturated heterocycles. The lowest BCUT2D eigenvalue weighted by atomic mass is 10.1. The number of nitrogens with one attached hydrogen (secondary N) is 1. The van der Waals surface area contributed by atoms with E-state index < -0.39 is 16.1 Å². The largest absolute Gasteiger partial charge is 0.354 e. The molecule has 0 saturated carbocycles. The quantitative estimate of drug-likeness (QED) is 0.474.